The quantitative estimate of drug-likeness (QED) is 0.826. The SMILES string of the molecule is C=C/C=C(\c1ccccc1)C(O)C(=O)C(C)(C)C. The number of ketones is 1. The van der Waals surface area contributed by atoms with Gasteiger partial charge in [-0.15, -0.1) is 0 Å². The lowest BCUT2D eigenvalue weighted by Gasteiger charge is -2.23. The van der Waals surface area contributed by atoms with Gasteiger partial charge in [-0.3, -0.25) is 4.79 Å². The number of rotatable bonds is 4. The molecule has 1 aromatic carbocycles. The first kappa shape index (κ1) is 14.4. The fourth-order valence-electron chi connectivity index (χ4n) is 1.65. The molecule has 0 saturated heterocycles. The van der Waals surface area contributed by atoms with E-state index in [0.717, 1.165) is 5.56 Å². The summed E-state index contributed by atoms with van der Waals surface area (Å²) < 4.78 is 0. The van der Waals surface area contributed by atoms with Crippen LogP contribution in [0.4, 0.5) is 0 Å². The van der Waals surface area contributed by atoms with E-state index in [1.807, 2.05) is 30.3 Å². The van der Waals surface area contributed by atoms with Crippen LogP contribution in [0, 0.1) is 5.41 Å². The number of hydrogen-bond acceptors (Lipinski definition) is 2. The third-order valence-electron chi connectivity index (χ3n) is 2.69. The van der Waals surface area contributed by atoms with E-state index in [-0.39, 0.29) is 5.78 Å². The molecule has 0 amide bonds. The van der Waals surface area contributed by atoms with Gasteiger partial charge in [0.25, 0.3) is 0 Å². The van der Waals surface area contributed by atoms with E-state index < -0.39 is 11.5 Å². The third-order valence-corrected chi connectivity index (χ3v) is 2.69. The minimum absolute atomic E-state index is 0.195. The molecule has 0 heterocycles. The highest BCUT2D eigenvalue weighted by Gasteiger charge is 2.30. The first-order valence-electron chi connectivity index (χ1n) is 5.98. The van der Waals surface area contributed by atoms with Crippen molar-refractivity contribution in [2.45, 2.75) is 26.9 Å². The highest BCUT2D eigenvalue weighted by molar-refractivity contribution is 5.98. The summed E-state index contributed by atoms with van der Waals surface area (Å²) in [6, 6.07) is 9.39. The van der Waals surface area contributed by atoms with Crippen molar-refractivity contribution in [1.82, 2.24) is 0 Å². The Morgan fingerprint density at radius 3 is 2.28 bits per heavy atom. The molecule has 0 radical (unpaired) electrons. The van der Waals surface area contributed by atoms with Crippen LogP contribution in [0.25, 0.3) is 5.57 Å². The second kappa shape index (κ2) is 5.78. The Balaban J connectivity index is 3.13. The Kier molecular flexibility index (Phi) is 4.62. The monoisotopic (exact) mass is 244 g/mol. The number of benzene rings is 1. The van der Waals surface area contributed by atoms with Crippen molar-refractivity contribution in [3.8, 4) is 0 Å². The lowest BCUT2D eigenvalue weighted by atomic mass is 9.83. The van der Waals surface area contributed by atoms with Crippen LogP contribution in [0.1, 0.15) is 26.3 Å². The zero-order chi connectivity index (χ0) is 13.8. The summed E-state index contributed by atoms with van der Waals surface area (Å²) in [6.07, 6.45) is 2.15. The number of hydrogen-bond donors (Lipinski definition) is 1. The lowest BCUT2D eigenvalue weighted by Crippen LogP contribution is -2.33. The Labute approximate surface area is 109 Å². The van der Waals surface area contributed by atoms with Crippen molar-refractivity contribution in [2.24, 2.45) is 5.41 Å². The van der Waals surface area contributed by atoms with Gasteiger partial charge in [-0.05, 0) is 11.1 Å². The zero-order valence-electron chi connectivity index (χ0n) is 11.2. The molecule has 0 aliphatic carbocycles. The molecule has 0 fully saturated rings. The van der Waals surface area contributed by atoms with Crippen LogP contribution in [0.15, 0.2) is 49.1 Å². The van der Waals surface area contributed by atoms with Crippen LogP contribution in [-0.4, -0.2) is 17.0 Å². The summed E-state index contributed by atoms with van der Waals surface area (Å²) in [5.74, 6) is -0.195. The van der Waals surface area contributed by atoms with Gasteiger partial charge in [0.1, 0.15) is 6.10 Å². The van der Waals surface area contributed by atoms with Crippen LogP contribution in [-0.2, 0) is 4.79 Å². The normalized spacial score (nSPS) is 14.1. The van der Waals surface area contributed by atoms with Crippen LogP contribution in [0.2, 0.25) is 0 Å². The van der Waals surface area contributed by atoms with Gasteiger partial charge in [0.15, 0.2) is 5.78 Å². The second-order valence-corrected chi connectivity index (χ2v) is 5.24. The van der Waals surface area contributed by atoms with Gasteiger partial charge in [0.05, 0.1) is 0 Å². The van der Waals surface area contributed by atoms with E-state index in [1.54, 1.807) is 32.9 Å². The minimum atomic E-state index is -1.12. The molecule has 1 N–H and O–H groups in total. The third kappa shape index (κ3) is 3.41. The van der Waals surface area contributed by atoms with Gasteiger partial charge in [0, 0.05) is 5.41 Å². The summed E-state index contributed by atoms with van der Waals surface area (Å²) in [7, 11) is 0. The van der Waals surface area contributed by atoms with E-state index in [4.69, 9.17) is 0 Å². The second-order valence-electron chi connectivity index (χ2n) is 5.24. The van der Waals surface area contributed by atoms with Gasteiger partial charge in [-0.1, -0.05) is 69.8 Å². The van der Waals surface area contributed by atoms with E-state index in [2.05, 4.69) is 6.58 Å². The molecule has 0 spiro atoms. The van der Waals surface area contributed by atoms with E-state index in [1.165, 1.54) is 0 Å². The fourth-order valence-corrected chi connectivity index (χ4v) is 1.65. The topological polar surface area (TPSA) is 37.3 Å². The molecule has 0 bridgehead atoms. The Morgan fingerprint density at radius 1 is 1.28 bits per heavy atom. The molecule has 1 unspecified atom stereocenters. The van der Waals surface area contributed by atoms with Crippen molar-refractivity contribution in [3.05, 3.63) is 54.6 Å². The first-order chi connectivity index (χ1) is 8.38. The number of allylic oxidation sites excluding steroid dienone is 2. The lowest BCUT2D eigenvalue weighted by molar-refractivity contribution is -0.132. The summed E-state index contributed by atoms with van der Waals surface area (Å²) >= 11 is 0. The van der Waals surface area contributed by atoms with Gasteiger partial charge in [0.2, 0.25) is 0 Å². The van der Waals surface area contributed by atoms with Crippen LogP contribution in [0.3, 0.4) is 0 Å². The minimum Gasteiger partial charge on any atom is -0.381 e. The van der Waals surface area contributed by atoms with E-state index in [0.29, 0.717) is 5.57 Å². The highest BCUT2D eigenvalue weighted by Crippen LogP contribution is 2.25. The number of aliphatic hydroxyl groups is 1. The molecule has 0 aliphatic heterocycles. The molecule has 2 nitrogen and oxygen atoms in total. The van der Waals surface area contributed by atoms with Gasteiger partial charge in [-0.2, -0.15) is 0 Å². The number of carbonyl (C=O) groups excluding carboxylic acids is 1. The van der Waals surface area contributed by atoms with Crippen molar-refractivity contribution in [3.63, 3.8) is 0 Å². The van der Waals surface area contributed by atoms with Crippen LogP contribution >= 0.6 is 0 Å². The smallest absolute Gasteiger partial charge is 0.171 e. The fraction of sp³-hybridized carbons (Fsp3) is 0.312. The number of aliphatic hydroxyl groups excluding tert-OH is 1. The Bertz CT molecular complexity index is 450. The molecular weight excluding hydrogens is 224 g/mol. The average Bonchev–Trinajstić information content (AvgIpc) is 2.34. The summed E-state index contributed by atoms with van der Waals surface area (Å²) in [6.45, 7) is 9.03. The predicted octanol–water partition coefficient (Wildman–Crippen LogP) is 3.23. The van der Waals surface area contributed by atoms with Crippen LogP contribution < -0.4 is 0 Å². The summed E-state index contributed by atoms with van der Waals surface area (Å²) in [5, 5.41) is 10.2. The van der Waals surface area contributed by atoms with Crippen molar-refractivity contribution in [2.75, 3.05) is 0 Å². The molecule has 1 rings (SSSR count). The maximum absolute atomic E-state index is 12.1. The zero-order valence-corrected chi connectivity index (χ0v) is 11.2. The predicted molar refractivity (Wildman–Crippen MR) is 75.1 cm³/mol. The van der Waals surface area contributed by atoms with Crippen molar-refractivity contribution < 1.29 is 9.90 Å². The maximum atomic E-state index is 12.1. The van der Waals surface area contributed by atoms with E-state index >= 15 is 0 Å². The molecule has 2 heteroatoms. The van der Waals surface area contributed by atoms with Gasteiger partial charge in [-0.25, -0.2) is 0 Å². The molecule has 96 valence electrons. The molecule has 0 aliphatic rings. The Morgan fingerprint density at radius 2 is 1.83 bits per heavy atom. The van der Waals surface area contributed by atoms with Crippen LogP contribution in [0.5, 0.6) is 0 Å². The molecular formula is C16H20O2. The largest absolute Gasteiger partial charge is 0.381 e. The molecule has 0 saturated carbocycles. The molecule has 1 atom stereocenters. The van der Waals surface area contributed by atoms with Crippen molar-refractivity contribution >= 4 is 11.4 Å². The molecule has 1 aromatic rings. The Hall–Kier alpha value is -1.67. The summed E-state index contributed by atoms with van der Waals surface area (Å²) in [4.78, 5) is 12.1. The first-order valence-corrected chi connectivity index (χ1v) is 5.98. The van der Waals surface area contributed by atoms with E-state index in [9.17, 15) is 9.90 Å². The average molecular weight is 244 g/mol. The standard InChI is InChI=1S/C16H20O2/c1-5-9-13(12-10-7-6-8-11-12)14(17)15(18)16(2,3)4/h5-11,14,17H,1H2,2-4H3/b13-9+. The number of carbonyl (C=O) groups is 1. The van der Waals surface area contributed by atoms with Gasteiger partial charge < -0.3 is 5.11 Å². The maximum Gasteiger partial charge on any atom is 0.171 e. The molecule has 18 heavy (non-hydrogen) atoms. The highest BCUT2D eigenvalue weighted by atomic mass is 16.3. The summed E-state index contributed by atoms with van der Waals surface area (Å²) in [5.41, 5.74) is 0.849. The molecule has 0 aromatic heterocycles. The van der Waals surface area contributed by atoms with Gasteiger partial charge >= 0.3 is 0 Å². The van der Waals surface area contributed by atoms with Crippen molar-refractivity contribution in [1.29, 1.82) is 0 Å². The number of Topliss-reactive ketones (excluding diaryl/α,β-unsaturated/α-hetero) is 1.